The number of Topliss-reactive ketones (excluding diaryl/α,β-unsaturated/α-hetero) is 1. The minimum atomic E-state index is -0.997. The summed E-state index contributed by atoms with van der Waals surface area (Å²) in [5, 5.41) is 3.66. The summed E-state index contributed by atoms with van der Waals surface area (Å²) in [4.78, 5) is 41.5. The Labute approximate surface area is 215 Å². The fourth-order valence-corrected chi connectivity index (χ4v) is 4.05. The summed E-state index contributed by atoms with van der Waals surface area (Å²) in [6.07, 6.45) is 2.87. The first-order valence-corrected chi connectivity index (χ1v) is 12.3. The van der Waals surface area contributed by atoms with E-state index in [1.54, 1.807) is 24.4 Å². The van der Waals surface area contributed by atoms with Crippen LogP contribution < -0.4 is 10.1 Å². The van der Waals surface area contributed by atoms with Gasteiger partial charge < -0.3 is 19.8 Å². The highest BCUT2D eigenvalue weighted by molar-refractivity contribution is 5.98. The summed E-state index contributed by atoms with van der Waals surface area (Å²) in [5.41, 5.74) is 4.35. The lowest BCUT2D eigenvalue weighted by Crippen LogP contribution is -2.45. The van der Waals surface area contributed by atoms with E-state index in [0.29, 0.717) is 11.3 Å². The summed E-state index contributed by atoms with van der Waals surface area (Å²) in [5.74, 6) is -0.904. The van der Waals surface area contributed by atoms with E-state index in [4.69, 9.17) is 9.47 Å². The normalized spacial score (nSPS) is 11.6. The molecule has 4 rings (SSSR count). The molecule has 3 aromatic carbocycles. The van der Waals surface area contributed by atoms with Crippen LogP contribution in [0.3, 0.4) is 0 Å². The maximum Gasteiger partial charge on any atom is 0.329 e. The molecule has 1 aromatic heterocycles. The maximum absolute atomic E-state index is 13.1. The number of esters is 1. The third-order valence-electron chi connectivity index (χ3n) is 6.11. The average molecular weight is 499 g/mol. The van der Waals surface area contributed by atoms with Crippen molar-refractivity contribution in [2.24, 2.45) is 0 Å². The Kier molecular flexibility index (Phi) is 8.36. The van der Waals surface area contributed by atoms with Crippen LogP contribution in [0.15, 0.2) is 79.0 Å². The van der Waals surface area contributed by atoms with Crippen molar-refractivity contribution in [3.8, 4) is 5.75 Å². The van der Waals surface area contributed by atoms with Crippen molar-refractivity contribution in [3.05, 3.63) is 101 Å². The first kappa shape index (κ1) is 25.7. The van der Waals surface area contributed by atoms with Gasteiger partial charge in [-0.25, -0.2) is 4.79 Å². The molecule has 0 aliphatic heterocycles. The fourth-order valence-electron chi connectivity index (χ4n) is 4.05. The number of ketones is 1. The topological polar surface area (TPSA) is 97.5 Å². The van der Waals surface area contributed by atoms with Crippen molar-refractivity contribution in [1.82, 2.24) is 10.3 Å². The summed E-state index contributed by atoms with van der Waals surface area (Å²) >= 11 is 0. The third kappa shape index (κ3) is 6.85. The van der Waals surface area contributed by atoms with Gasteiger partial charge in [0.05, 0.1) is 0 Å². The summed E-state index contributed by atoms with van der Waals surface area (Å²) in [6, 6.07) is 21.3. The number of nitrogens with one attached hydrogen (secondary N) is 2. The van der Waals surface area contributed by atoms with E-state index in [2.05, 4.69) is 10.3 Å². The molecule has 0 saturated carbocycles. The maximum atomic E-state index is 13.1. The molecular formula is C30H30N2O5. The predicted molar refractivity (Wildman–Crippen MR) is 142 cm³/mol. The Morgan fingerprint density at radius 1 is 0.946 bits per heavy atom. The van der Waals surface area contributed by atoms with Crippen LogP contribution in [0.1, 0.15) is 34.0 Å². The molecule has 0 aliphatic rings. The highest BCUT2D eigenvalue weighted by Crippen LogP contribution is 2.20. The summed E-state index contributed by atoms with van der Waals surface area (Å²) in [7, 11) is 0. The Morgan fingerprint density at radius 2 is 1.73 bits per heavy atom. The molecule has 0 fully saturated rings. The molecule has 0 bridgehead atoms. The molecule has 0 saturated heterocycles. The Morgan fingerprint density at radius 3 is 2.49 bits per heavy atom. The number of aromatic nitrogens is 1. The van der Waals surface area contributed by atoms with Gasteiger partial charge in [-0.15, -0.1) is 0 Å². The number of carbonyl (C=O) groups excluding carboxylic acids is 3. The number of aromatic amines is 1. The van der Waals surface area contributed by atoms with Crippen LogP contribution in [0.2, 0.25) is 0 Å². The molecular weight excluding hydrogens is 468 g/mol. The minimum Gasteiger partial charge on any atom is -0.484 e. The van der Waals surface area contributed by atoms with Crippen LogP contribution in [0.4, 0.5) is 0 Å². The van der Waals surface area contributed by atoms with Gasteiger partial charge in [0, 0.05) is 29.1 Å². The zero-order valence-corrected chi connectivity index (χ0v) is 21.0. The van der Waals surface area contributed by atoms with E-state index < -0.39 is 24.5 Å². The lowest BCUT2D eigenvalue weighted by Gasteiger charge is -2.18. The first-order chi connectivity index (χ1) is 17.9. The average Bonchev–Trinajstić information content (AvgIpc) is 3.33. The van der Waals surface area contributed by atoms with Gasteiger partial charge in [-0.3, -0.25) is 9.59 Å². The van der Waals surface area contributed by atoms with Crippen molar-refractivity contribution in [1.29, 1.82) is 0 Å². The van der Waals surface area contributed by atoms with Gasteiger partial charge in [0.25, 0.3) is 5.91 Å². The summed E-state index contributed by atoms with van der Waals surface area (Å²) < 4.78 is 10.9. The van der Waals surface area contributed by atoms with Crippen molar-refractivity contribution in [2.75, 3.05) is 13.2 Å². The van der Waals surface area contributed by atoms with Crippen molar-refractivity contribution in [2.45, 2.75) is 32.7 Å². The smallest absolute Gasteiger partial charge is 0.329 e. The SMILES string of the molecule is CCc1ccc(C(=O)COC(=O)C(Cc2c[nH]c3ccccc23)NC(=O)COc2cccc(C)c2)cc1. The van der Waals surface area contributed by atoms with Crippen LogP contribution in [-0.2, 0) is 27.2 Å². The number of hydrogen-bond donors (Lipinski definition) is 2. The molecule has 0 radical (unpaired) electrons. The highest BCUT2D eigenvalue weighted by Gasteiger charge is 2.25. The second-order valence-corrected chi connectivity index (χ2v) is 8.87. The number of benzene rings is 3. The van der Waals surface area contributed by atoms with Crippen molar-refractivity contribution < 1.29 is 23.9 Å². The minimum absolute atomic E-state index is 0.193. The Bertz CT molecular complexity index is 1390. The number of fused-ring (bicyclic) bond motifs is 1. The Balaban J connectivity index is 1.43. The second-order valence-electron chi connectivity index (χ2n) is 8.87. The quantitative estimate of drug-likeness (QED) is 0.233. The number of H-pyrrole nitrogens is 1. The number of para-hydroxylation sites is 1. The molecule has 4 aromatic rings. The van der Waals surface area contributed by atoms with Crippen LogP contribution in [0.5, 0.6) is 5.75 Å². The highest BCUT2D eigenvalue weighted by atomic mass is 16.5. The van der Waals surface area contributed by atoms with E-state index in [1.807, 2.05) is 68.4 Å². The van der Waals surface area contributed by atoms with E-state index in [-0.39, 0.29) is 18.8 Å². The van der Waals surface area contributed by atoms with Crippen LogP contribution >= 0.6 is 0 Å². The van der Waals surface area contributed by atoms with Gasteiger partial charge in [0.15, 0.2) is 19.0 Å². The van der Waals surface area contributed by atoms with E-state index in [1.165, 1.54) is 0 Å². The standard InChI is InChI=1S/C30H30N2O5/c1-3-21-11-13-22(14-12-21)28(33)18-37-30(35)27(16-23-17-31-26-10-5-4-9-25(23)26)32-29(34)19-36-24-8-6-7-20(2)15-24/h4-15,17,27,31H,3,16,18-19H2,1-2H3,(H,32,34). The van der Waals surface area contributed by atoms with Gasteiger partial charge in [-0.05, 0) is 48.2 Å². The lowest BCUT2D eigenvalue weighted by atomic mass is 10.0. The first-order valence-electron chi connectivity index (χ1n) is 12.3. The number of hydrogen-bond acceptors (Lipinski definition) is 5. The van der Waals surface area contributed by atoms with Crippen LogP contribution in [0.25, 0.3) is 10.9 Å². The van der Waals surface area contributed by atoms with Gasteiger partial charge >= 0.3 is 5.97 Å². The molecule has 1 amide bonds. The van der Waals surface area contributed by atoms with Gasteiger partial charge in [-0.1, -0.05) is 61.5 Å². The van der Waals surface area contributed by atoms with Gasteiger partial charge in [0.1, 0.15) is 11.8 Å². The molecule has 7 nitrogen and oxygen atoms in total. The van der Waals surface area contributed by atoms with E-state index in [9.17, 15) is 14.4 Å². The zero-order chi connectivity index (χ0) is 26.2. The molecule has 1 heterocycles. The molecule has 190 valence electrons. The largest absolute Gasteiger partial charge is 0.484 e. The van der Waals surface area contributed by atoms with Gasteiger partial charge in [0.2, 0.25) is 0 Å². The van der Waals surface area contributed by atoms with E-state index in [0.717, 1.165) is 34.0 Å². The Hall–Kier alpha value is -4.39. The number of rotatable bonds is 11. The zero-order valence-electron chi connectivity index (χ0n) is 21.0. The summed E-state index contributed by atoms with van der Waals surface area (Å²) in [6.45, 7) is 3.29. The van der Waals surface area contributed by atoms with Crippen molar-refractivity contribution >= 4 is 28.6 Å². The van der Waals surface area contributed by atoms with Crippen molar-refractivity contribution in [3.63, 3.8) is 0 Å². The fraction of sp³-hybridized carbons (Fsp3) is 0.233. The molecule has 0 spiro atoms. The van der Waals surface area contributed by atoms with Gasteiger partial charge in [-0.2, -0.15) is 0 Å². The van der Waals surface area contributed by atoms with E-state index >= 15 is 0 Å². The molecule has 0 aliphatic carbocycles. The molecule has 1 atom stereocenters. The predicted octanol–water partition coefficient (Wildman–Crippen LogP) is 4.57. The molecule has 1 unspecified atom stereocenters. The molecule has 2 N–H and O–H groups in total. The number of ether oxygens (including phenoxy) is 2. The number of amides is 1. The third-order valence-corrected chi connectivity index (χ3v) is 6.11. The lowest BCUT2D eigenvalue weighted by molar-refractivity contribution is -0.147. The monoisotopic (exact) mass is 498 g/mol. The molecule has 7 heteroatoms. The molecule has 37 heavy (non-hydrogen) atoms. The van der Waals surface area contributed by atoms with Crippen LogP contribution in [-0.4, -0.2) is 41.9 Å². The number of carbonyl (C=O) groups is 3. The second kappa shape index (κ2) is 12.0. The van der Waals surface area contributed by atoms with Crippen LogP contribution in [0, 0.1) is 6.92 Å². The number of aryl methyl sites for hydroxylation is 2.